The molecule has 0 aliphatic carbocycles. The van der Waals surface area contributed by atoms with Crippen LogP contribution < -0.4 is 4.18 Å². The molecule has 0 saturated carbocycles. The van der Waals surface area contributed by atoms with Crippen LogP contribution in [-0.4, -0.2) is 44.7 Å². The topological polar surface area (TPSA) is 80.6 Å². The molecule has 0 bridgehead atoms. The minimum absolute atomic E-state index is 0.254. The maximum atomic E-state index is 13.3. The maximum absolute atomic E-state index is 13.3. The van der Waals surface area contributed by atoms with Gasteiger partial charge in [-0.05, 0) is 55.5 Å². The average molecular weight is 447 g/mol. The van der Waals surface area contributed by atoms with E-state index in [1.54, 1.807) is 14.0 Å². The van der Waals surface area contributed by atoms with Crippen LogP contribution >= 0.6 is 0 Å². The summed E-state index contributed by atoms with van der Waals surface area (Å²) in [6.07, 6.45) is 0. The molecule has 0 amide bonds. The van der Waals surface area contributed by atoms with Gasteiger partial charge in [0, 0.05) is 18.2 Å². The first-order valence-electron chi connectivity index (χ1n) is 8.22. The zero-order valence-corrected chi connectivity index (χ0v) is 16.8. The molecule has 0 heterocycles. The fourth-order valence-corrected chi connectivity index (χ4v) is 2.51. The summed E-state index contributed by atoms with van der Waals surface area (Å²) in [5.74, 6) is -0.625. The van der Waals surface area contributed by atoms with E-state index in [2.05, 4.69) is 14.4 Å². The Hall–Kier alpha value is -2.99. The Morgan fingerprint density at radius 2 is 1.47 bits per heavy atom. The van der Waals surface area contributed by atoms with Crippen molar-refractivity contribution in [3.05, 3.63) is 65.5 Å². The zero-order valence-electron chi connectivity index (χ0n) is 16.0. The molecule has 0 fully saturated rings. The molecule has 0 N–H and O–H groups in total. The van der Waals surface area contributed by atoms with E-state index in [0.29, 0.717) is 17.0 Å². The van der Waals surface area contributed by atoms with Gasteiger partial charge in [-0.15, -0.1) is 10.2 Å². The van der Waals surface area contributed by atoms with Crippen molar-refractivity contribution in [2.75, 3.05) is 14.2 Å². The highest BCUT2D eigenvalue weighted by Crippen LogP contribution is 2.27. The zero-order chi connectivity index (χ0) is 22.5. The highest BCUT2D eigenvalue weighted by molar-refractivity contribution is 7.88. The minimum Gasteiger partial charge on any atom is -0.376 e. The van der Waals surface area contributed by atoms with E-state index in [1.165, 1.54) is 48.6 Å². The molecule has 2 rings (SSSR count). The number of rotatable bonds is 6. The second-order valence-electron chi connectivity index (χ2n) is 5.79. The lowest BCUT2D eigenvalue weighted by Crippen LogP contribution is -2.28. The van der Waals surface area contributed by atoms with Gasteiger partial charge in [0.15, 0.2) is 0 Å². The van der Waals surface area contributed by atoms with Gasteiger partial charge in [-0.3, -0.25) is 4.84 Å². The lowest BCUT2D eigenvalue weighted by Gasteiger charge is -2.13. The SMILES string of the molecule is CON(C)C(C)=NN=C(c1ccc(F)cc1)c1ccc(OS(=O)(=O)C(F)(F)F)cc1. The largest absolute Gasteiger partial charge is 0.534 e. The van der Waals surface area contributed by atoms with Gasteiger partial charge in [-0.2, -0.15) is 21.6 Å². The number of halogens is 4. The number of benzene rings is 2. The first kappa shape index (κ1) is 23.3. The van der Waals surface area contributed by atoms with Crippen molar-refractivity contribution < 1.29 is 35.0 Å². The molecule has 2 aromatic rings. The van der Waals surface area contributed by atoms with E-state index < -0.39 is 27.2 Å². The Balaban J connectivity index is 2.43. The summed E-state index contributed by atoms with van der Waals surface area (Å²) in [6, 6.07) is 9.97. The van der Waals surface area contributed by atoms with Gasteiger partial charge in [-0.1, -0.05) is 0 Å². The predicted molar refractivity (Wildman–Crippen MR) is 102 cm³/mol. The van der Waals surface area contributed by atoms with Gasteiger partial charge in [-0.25, -0.2) is 9.45 Å². The highest BCUT2D eigenvalue weighted by Gasteiger charge is 2.48. The van der Waals surface area contributed by atoms with Crippen LogP contribution in [0.4, 0.5) is 17.6 Å². The predicted octanol–water partition coefficient (Wildman–Crippen LogP) is 3.72. The second kappa shape index (κ2) is 9.22. The van der Waals surface area contributed by atoms with Gasteiger partial charge in [0.2, 0.25) is 0 Å². The molecule has 0 aromatic heterocycles. The van der Waals surface area contributed by atoms with E-state index in [1.807, 2.05) is 0 Å². The third-order valence-corrected chi connectivity index (χ3v) is 4.74. The van der Waals surface area contributed by atoms with E-state index in [9.17, 15) is 26.0 Å². The van der Waals surface area contributed by atoms with Crippen LogP contribution in [0.2, 0.25) is 0 Å². The van der Waals surface area contributed by atoms with Crippen molar-refractivity contribution >= 4 is 21.7 Å². The first-order valence-corrected chi connectivity index (χ1v) is 9.62. The van der Waals surface area contributed by atoms with Gasteiger partial charge >= 0.3 is 15.6 Å². The van der Waals surface area contributed by atoms with E-state index >= 15 is 0 Å². The number of hydroxylamine groups is 2. The molecule has 0 spiro atoms. The summed E-state index contributed by atoms with van der Waals surface area (Å²) >= 11 is 0. The summed E-state index contributed by atoms with van der Waals surface area (Å²) in [7, 11) is -2.76. The molecule has 0 aliphatic heterocycles. The van der Waals surface area contributed by atoms with E-state index in [0.717, 1.165) is 12.1 Å². The van der Waals surface area contributed by atoms with Crippen LogP contribution in [0.15, 0.2) is 58.7 Å². The van der Waals surface area contributed by atoms with Gasteiger partial charge in [0.1, 0.15) is 23.1 Å². The maximum Gasteiger partial charge on any atom is 0.534 e. The number of alkyl halides is 3. The van der Waals surface area contributed by atoms with Crippen molar-refractivity contribution in [2.24, 2.45) is 10.2 Å². The summed E-state index contributed by atoms with van der Waals surface area (Å²) in [5.41, 5.74) is -4.46. The number of hydrogen-bond donors (Lipinski definition) is 0. The summed E-state index contributed by atoms with van der Waals surface area (Å²) in [4.78, 5) is 4.98. The fraction of sp³-hybridized carbons (Fsp3) is 0.222. The normalized spacial score (nSPS) is 13.3. The van der Waals surface area contributed by atoms with Crippen LogP contribution in [0.25, 0.3) is 0 Å². The first-order chi connectivity index (χ1) is 13.9. The summed E-state index contributed by atoms with van der Waals surface area (Å²) < 4.78 is 77.0. The molecule has 7 nitrogen and oxygen atoms in total. The molecule has 0 radical (unpaired) electrons. The van der Waals surface area contributed by atoms with Crippen LogP contribution in [0, 0.1) is 5.82 Å². The third-order valence-electron chi connectivity index (χ3n) is 3.76. The Morgan fingerprint density at radius 3 is 1.93 bits per heavy atom. The van der Waals surface area contributed by atoms with E-state index in [-0.39, 0.29) is 5.71 Å². The lowest BCUT2D eigenvalue weighted by atomic mass is 10.0. The van der Waals surface area contributed by atoms with Crippen molar-refractivity contribution in [1.82, 2.24) is 5.06 Å². The van der Waals surface area contributed by atoms with Gasteiger partial charge in [0.25, 0.3) is 0 Å². The van der Waals surface area contributed by atoms with Gasteiger partial charge < -0.3 is 4.18 Å². The molecular formula is C18H17F4N3O4S. The van der Waals surface area contributed by atoms with E-state index in [4.69, 9.17) is 4.84 Å². The molecule has 2 aromatic carbocycles. The monoisotopic (exact) mass is 447 g/mol. The second-order valence-corrected chi connectivity index (χ2v) is 7.33. The molecule has 0 aliphatic rings. The molecule has 30 heavy (non-hydrogen) atoms. The van der Waals surface area contributed by atoms with Crippen LogP contribution in [0.3, 0.4) is 0 Å². The van der Waals surface area contributed by atoms with Crippen molar-refractivity contribution in [1.29, 1.82) is 0 Å². The quantitative estimate of drug-likeness (QED) is 0.168. The standard InChI is InChI=1S/C18H17F4N3O4S/c1-12(25(2)28-3)23-24-17(13-4-8-15(19)9-5-13)14-6-10-16(11-7-14)29-30(26,27)18(20,21)22/h4-11H,1-3H3. The lowest BCUT2D eigenvalue weighted by molar-refractivity contribution is -0.0500. The average Bonchev–Trinajstić information content (AvgIpc) is 2.68. The number of amidine groups is 1. The Labute approximate surface area is 170 Å². The Kier molecular flexibility index (Phi) is 7.16. The highest BCUT2D eigenvalue weighted by atomic mass is 32.2. The van der Waals surface area contributed by atoms with Crippen molar-refractivity contribution in [3.8, 4) is 5.75 Å². The third kappa shape index (κ3) is 5.76. The van der Waals surface area contributed by atoms with Crippen LogP contribution in [0.1, 0.15) is 18.1 Å². The smallest absolute Gasteiger partial charge is 0.376 e. The molecule has 0 unspecified atom stereocenters. The summed E-state index contributed by atoms with van der Waals surface area (Å²) in [6.45, 7) is 1.62. The van der Waals surface area contributed by atoms with Crippen LogP contribution in [0.5, 0.6) is 5.75 Å². The number of nitrogens with zero attached hydrogens (tertiary/aromatic N) is 3. The number of hydrogen-bond acceptors (Lipinski definition) is 6. The Bertz CT molecular complexity index is 1030. The minimum atomic E-state index is -5.79. The fourth-order valence-electron chi connectivity index (χ4n) is 2.05. The molecular weight excluding hydrogens is 430 g/mol. The summed E-state index contributed by atoms with van der Waals surface area (Å²) in [5, 5.41) is 9.49. The molecule has 0 saturated heterocycles. The van der Waals surface area contributed by atoms with Crippen molar-refractivity contribution in [3.63, 3.8) is 0 Å². The van der Waals surface area contributed by atoms with Gasteiger partial charge in [0.05, 0.1) is 7.11 Å². The van der Waals surface area contributed by atoms with Crippen LogP contribution in [-0.2, 0) is 15.0 Å². The Morgan fingerprint density at radius 1 is 0.967 bits per heavy atom. The molecule has 12 heteroatoms. The molecule has 162 valence electrons. The van der Waals surface area contributed by atoms with Crippen molar-refractivity contribution in [2.45, 2.75) is 12.4 Å². The molecule has 0 atom stereocenters.